The summed E-state index contributed by atoms with van der Waals surface area (Å²) < 4.78 is 11.9. The molecule has 0 radical (unpaired) electrons. The first kappa shape index (κ1) is 30.7. The number of rotatable bonds is 13. The summed E-state index contributed by atoms with van der Waals surface area (Å²) in [5, 5.41) is 23.8. The Morgan fingerprint density at radius 3 is 2.76 bits per heavy atom. The highest BCUT2D eigenvalue weighted by Crippen LogP contribution is 2.42. The van der Waals surface area contributed by atoms with Crippen LogP contribution in [0.2, 0.25) is 5.02 Å². The van der Waals surface area contributed by atoms with E-state index in [0.29, 0.717) is 48.4 Å². The van der Waals surface area contributed by atoms with Gasteiger partial charge in [0.1, 0.15) is 18.1 Å². The number of anilines is 3. The average molecular weight is 584 g/mol. The van der Waals surface area contributed by atoms with Crippen LogP contribution in [-0.4, -0.2) is 81.9 Å². The molecule has 3 unspecified atom stereocenters. The van der Waals surface area contributed by atoms with Crippen LogP contribution in [0.1, 0.15) is 38.3 Å². The molecule has 1 saturated heterocycles. The molecule has 1 amide bonds. The summed E-state index contributed by atoms with van der Waals surface area (Å²) in [6, 6.07) is 11.5. The molecule has 0 aliphatic carbocycles. The standard InChI is InChI=1S/C30H42ClN7O3/c1-5-38-13-11-33-28(38)19-41-26-10-9-21(14-23(26)31)35-30-20(17-32)18-34-24-16-27(40-6-2)25(15-22(24)30)36-29(39)8-7-12-37(3)4/h9-10,14-16,20,28,30,33-35H,5-8,11-13,18-19H2,1-4H3,(H,36,39). The van der Waals surface area contributed by atoms with E-state index in [1.54, 1.807) is 0 Å². The molecule has 4 rings (SSSR count). The Morgan fingerprint density at radius 1 is 1.22 bits per heavy atom. The zero-order valence-corrected chi connectivity index (χ0v) is 25.2. The fourth-order valence-electron chi connectivity index (χ4n) is 5.26. The quantitative estimate of drug-likeness (QED) is 0.273. The first-order valence-electron chi connectivity index (χ1n) is 14.4. The number of carbonyl (C=O) groups excluding carboxylic acids is 1. The summed E-state index contributed by atoms with van der Waals surface area (Å²) in [6.07, 6.45) is 1.33. The van der Waals surface area contributed by atoms with Crippen molar-refractivity contribution in [2.45, 2.75) is 38.9 Å². The molecule has 41 heavy (non-hydrogen) atoms. The van der Waals surface area contributed by atoms with E-state index >= 15 is 0 Å². The topological polar surface area (TPSA) is 114 Å². The Labute approximate surface area is 248 Å². The third-order valence-corrected chi connectivity index (χ3v) is 7.72. The molecule has 11 heteroatoms. The first-order valence-corrected chi connectivity index (χ1v) is 14.8. The number of amides is 1. The highest BCUT2D eigenvalue weighted by atomic mass is 35.5. The van der Waals surface area contributed by atoms with Crippen molar-refractivity contribution in [2.75, 3.05) is 76.0 Å². The van der Waals surface area contributed by atoms with Crippen LogP contribution >= 0.6 is 11.6 Å². The summed E-state index contributed by atoms with van der Waals surface area (Å²) in [7, 11) is 3.98. The molecule has 2 heterocycles. The van der Waals surface area contributed by atoms with Gasteiger partial charge in [-0.3, -0.25) is 15.0 Å². The average Bonchev–Trinajstić information content (AvgIpc) is 3.41. The lowest BCUT2D eigenvalue weighted by molar-refractivity contribution is -0.116. The van der Waals surface area contributed by atoms with E-state index in [4.69, 9.17) is 21.1 Å². The molecule has 2 aliphatic rings. The highest BCUT2D eigenvalue weighted by molar-refractivity contribution is 6.32. The smallest absolute Gasteiger partial charge is 0.224 e. The molecule has 10 nitrogen and oxygen atoms in total. The number of nitriles is 1. The van der Waals surface area contributed by atoms with Crippen LogP contribution in [-0.2, 0) is 4.79 Å². The maximum Gasteiger partial charge on any atom is 0.224 e. The second-order valence-corrected chi connectivity index (χ2v) is 11.0. The van der Waals surface area contributed by atoms with Crippen molar-refractivity contribution < 1.29 is 14.3 Å². The minimum Gasteiger partial charge on any atom is -0.492 e. The number of hydrogen-bond donors (Lipinski definition) is 4. The van der Waals surface area contributed by atoms with Crippen LogP contribution in [0.5, 0.6) is 11.5 Å². The van der Waals surface area contributed by atoms with Crippen molar-refractivity contribution in [3.63, 3.8) is 0 Å². The second kappa shape index (κ2) is 14.6. The van der Waals surface area contributed by atoms with Crippen molar-refractivity contribution >= 4 is 34.6 Å². The van der Waals surface area contributed by atoms with Crippen molar-refractivity contribution in [3.8, 4) is 17.6 Å². The molecule has 4 N–H and O–H groups in total. The normalized spacial score (nSPS) is 20.2. The summed E-state index contributed by atoms with van der Waals surface area (Å²) >= 11 is 6.63. The molecular formula is C30H42ClN7O3. The Morgan fingerprint density at radius 2 is 2.05 bits per heavy atom. The van der Waals surface area contributed by atoms with Gasteiger partial charge in [0.15, 0.2) is 0 Å². The number of benzene rings is 2. The van der Waals surface area contributed by atoms with Gasteiger partial charge in [0.2, 0.25) is 5.91 Å². The summed E-state index contributed by atoms with van der Waals surface area (Å²) in [6.45, 7) is 9.24. The van der Waals surface area contributed by atoms with Gasteiger partial charge < -0.3 is 30.3 Å². The van der Waals surface area contributed by atoms with Crippen LogP contribution in [0.15, 0.2) is 30.3 Å². The lowest BCUT2D eigenvalue weighted by Crippen LogP contribution is -2.40. The summed E-state index contributed by atoms with van der Waals surface area (Å²) in [5.74, 6) is 0.782. The Bertz CT molecular complexity index is 1240. The maximum absolute atomic E-state index is 12.8. The number of nitrogens with zero attached hydrogens (tertiary/aromatic N) is 3. The van der Waals surface area contributed by atoms with Crippen LogP contribution in [0.3, 0.4) is 0 Å². The van der Waals surface area contributed by atoms with Gasteiger partial charge in [-0.05, 0) is 64.8 Å². The second-order valence-electron chi connectivity index (χ2n) is 10.6. The monoisotopic (exact) mass is 583 g/mol. The number of halogens is 1. The molecule has 2 aromatic rings. The molecule has 0 saturated carbocycles. The summed E-state index contributed by atoms with van der Waals surface area (Å²) in [4.78, 5) is 17.1. The van der Waals surface area contributed by atoms with Crippen molar-refractivity contribution in [1.29, 1.82) is 5.26 Å². The summed E-state index contributed by atoms with van der Waals surface area (Å²) in [5.41, 5.74) is 3.10. The van der Waals surface area contributed by atoms with E-state index in [0.717, 1.165) is 49.5 Å². The SMILES string of the molecule is CCOc1cc2c(cc1NC(=O)CCCN(C)C)C(Nc1ccc(OCC3NCCN3CC)c(Cl)c1)C(C#N)CN2. The molecule has 0 spiro atoms. The lowest BCUT2D eigenvalue weighted by Gasteiger charge is -2.33. The Kier molecular flexibility index (Phi) is 10.9. The number of fused-ring (bicyclic) bond motifs is 1. The number of hydrogen-bond acceptors (Lipinski definition) is 9. The molecule has 0 aromatic heterocycles. The van der Waals surface area contributed by atoms with Gasteiger partial charge >= 0.3 is 0 Å². The largest absolute Gasteiger partial charge is 0.492 e. The van der Waals surface area contributed by atoms with E-state index in [9.17, 15) is 10.1 Å². The fourth-order valence-corrected chi connectivity index (χ4v) is 5.49. The molecule has 0 bridgehead atoms. The Balaban J connectivity index is 1.52. The number of likely N-dealkylation sites (N-methyl/N-ethyl adjacent to an activating group) is 1. The number of ether oxygens (including phenoxy) is 2. The van der Waals surface area contributed by atoms with E-state index in [1.165, 1.54) is 0 Å². The van der Waals surface area contributed by atoms with Crippen LogP contribution in [0.4, 0.5) is 17.1 Å². The van der Waals surface area contributed by atoms with E-state index in [-0.39, 0.29) is 24.0 Å². The lowest BCUT2D eigenvalue weighted by atomic mass is 9.88. The van der Waals surface area contributed by atoms with Gasteiger partial charge in [0, 0.05) is 49.1 Å². The van der Waals surface area contributed by atoms with Crippen molar-refractivity contribution in [1.82, 2.24) is 15.1 Å². The third-order valence-electron chi connectivity index (χ3n) is 7.43. The third kappa shape index (κ3) is 7.95. The molecule has 3 atom stereocenters. The van der Waals surface area contributed by atoms with Gasteiger partial charge in [0.25, 0.3) is 0 Å². The van der Waals surface area contributed by atoms with Crippen LogP contribution in [0, 0.1) is 17.2 Å². The highest BCUT2D eigenvalue weighted by Gasteiger charge is 2.31. The van der Waals surface area contributed by atoms with E-state index in [1.807, 2.05) is 51.4 Å². The minimum atomic E-state index is -0.354. The van der Waals surface area contributed by atoms with E-state index in [2.05, 4.69) is 44.1 Å². The van der Waals surface area contributed by atoms with Gasteiger partial charge in [0.05, 0.1) is 41.5 Å². The van der Waals surface area contributed by atoms with Crippen LogP contribution in [0.25, 0.3) is 0 Å². The van der Waals surface area contributed by atoms with Crippen molar-refractivity contribution in [2.24, 2.45) is 5.92 Å². The molecular weight excluding hydrogens is 542 g/mol. The molecule has 2 aliphatic heterocycles. The van der Waals surface area contributed by atoms with Gasteiger partial charge in [-0.2, -0.15) is 5.26 Å². The van der Waals surface area contributed by atoms with Gasteiger partial charge in [-0.25, -0.2) is 0 Å². The fraction of sp³-hybridized carbons (Fsp3) is 0.533. The van der Waals surface area contributed by atoms with Crippen LogP contribution < -0.4 is 30.7 Å². The molecule has 1 fully saturated rings. The maximum atomic E-state index is 12.8. The predicted octanol–water partition coefficient (Wildman–Crippen LogP) is 4.37. The predicted molar refractivity (Wildman–Crippen MR) is 164 cm³/mol. The van der Waals surface area contributed by atoms with Gasteiger partial charge in [-0.15, -0.1) is 0 Å². The zero-order chi connectivity index (χ0) is 29.4. The zero-order valence-electron chi connectivity index (χ0n) is 24.4. The first-order chi connectivity index (χ1) is 19.8. The van der Waals surface area contributed by atoms with Gasteiger partial charge in [-0.1, -0.05) is 18.5 Å². The van der Waals surface area contributed by atoms with E-state index < -0.39 is 0 Å². The minimum absolute atomic E-state index is 0.0740. The Hall–Kier alpha value is -3.23. The van der Waals surface area contributed by atoms with Crippen molar-refractivity contribution in [3.05, 3.63) is 40.9 Å². The number of nitrogens with one attached hydrogen (secondary N) is 4. The number of carbonyl (C=O) groups is 1. The molecule has 222 valence electrons. The molecule has 2 aromatic carbocycles.